The molecule has 3 rings (SSSR count). The van der Waals surface area contributed by atoms with Crippen LogP contribution in [0.4, 0.5) is 0 Å². The van der Waals surface area contributed by atoms with Gasteiger partial charge in [0.15, 0.2) is 5.11 Å². The van der Waals surface area contributed by atoms with Gasteiger partial charge in [0.25, 0.3) is 5.91 Å². The molecule has 0 radical (unpaired) electrons. The summed E-state index contributed by atoms with van der Waals surface area (Å²) in [6, 6.07) is 8.35. The van der Waals surface area contributed by atoms with Gasteiger partial charge in [-0.25, -0.2) is 0 Å². The molecule has 2 aliphatic heterocycles. The third-order valence-corrected chi connectivity index (χ3v) is 5.96. The van der Waals surface area contributed by atoms with Crippen LogP contribution in [0.2, 0.25) is 0 Å². The van der Waals surface area contributed by atoms with Crippen molar-refractivity contribution >= 4 is 35.0 Å². The number of morpholine rings is 1. The largest absolute Gasteiger partial charge is 0.373 e. The van der Waals surface area contributed by atoms with Crippen molar-refractivity contribution in [1.82, 2.24) is 15.1 Å². The Morgan fingerprint density at radius 3 is 2.33 bits per heavy atom. The summed E-state index contributed by atoms with van der Waals surface area (Å²) in [7, 11) is 0. The summed E-state index contributed by atoms with van der Waals surface area (Å²) in [6.07, 6.45) is 3.42. The number of amides is 1. The maximum Gasteiger partial charge on any atom is 0.251 e. The fourth-order valence-electron chi connectivity index (χ4n) is 3.76. The van der Waals surface area contributed by atoms with E-state index in [1.54, 1.807) is 16.7 Å². The van der Waals surface area contributed by atoms with Gasteiger partial charge in [-0.1, -0.05) is 24.3 Å². The molecule has 1 aromatic rings. The van der Waals surface area contributed by atoms with Gasteiger partial charge in [-0.15, -0.1) is 0 Å². The fourth-order valence-corrected chi connectivity index (χ4v) is 4.53. The number of hydrogen-bond acceptors (Lipinski definition) is 5. The molecule has 0 aliphatic carbocycles. The predicted molar refractivity (Wildman–Crippen MR) is 115 cm³/mol. The Balaban J connectivity index is 1.56. The summed E-state index contributed by atoms with van der Waals surface area (Å²) in [5.74, 6) is 1.04. The monoisotopic (exact) mass is 407 g/mol. The SMILES string of the molecule is CSCCC1NC(=S)N(Cc2ccc(CN3CC(C)OC(C)C3)cc2)C1=O. The summed E-state index contributed by atoms with van der Waals surface area (Å²) < 4.78 is 5.80. The van der Waals surface area contributed by atoms with Gasteiger partial charge in [-0.3, -0.25) is 14.6 Å². The Kier molecular flexibility index (Phi) is 7.14. The molecule has 2 heterocycles. The average molecular weight is 408 g/mol. The minimum atomic E-state index is -0.172. The first kappa shape index (κ1) is 20.6. The fraction of sp³-hybridized carbons (Fsp3) is 0.600. The van der Waals surface area contributed by atoms with Crippen LogP contribution < -0.4 is 5.32 Å². The van der Waals surface area contributed by atoms with E-state index in [9.17, 15) is 4.79 Å². The third kappa shape index (κ3) is 5.44. The molecule has 2 aliphatic rings. The number of ether oxygens (including phenoxy) is 1. The number of nitrogens with zero attached hydrogens (tertiary/aromatic N) is 2. The molecular formula is C20H29N3O2S2. The molecule has 0 aromatic heterocycles. The third-order valence-electron chi connectivity index (χ3n) is 4.98. The van der Waals surface area contributed by atoms with E-state index in [0.717, 1.165) is 37.4 Å². The van der Waals surface area contributed by atoms with Crippen molar-refractivity contribution in [3.63, 3.8) is 0 Å². The van der Waals surface area contributed by atoms with Crippen molar-refractivity contribution in [3.05, 3.63) is 35.4 Å². The molecule has 0 saturated carbocycles. The van der Waals surface area contributed by atoms with Crippen LogP contribution in [0.1, 0.15) is 31.4 Å². The van der Waals surface area contributed by atoms with E-state index in [2.05, 4.69) is 54.6 Å². The molecule has 1 N–H and O–H groups in total. The zero-order valence-corrected chi connectivity index (χ0v) is 17.9. The smallest absolute Gasteiger partial charge is 0.251 e. The van der Waals surface area contributed by atoms with Gasteiger partial charge in [0, 0.05) is 19.6 Å². The van der Waals surface area contributed by atoms with Crippen LogP contribution in [-0.2, 0) is 22.6 Å². The lowest BCUT2D eigenvalue weighted by molar-refractivity contribution is -0.127. The van der Waals surface area contributed by atoms with Gasteiger partial charge in [0.2, 0.25) is 0 Å². The molecule has 27 heavy (non-hydrogen) atoms. The van der Waals surface area contributed by atoms with Crippen LogP contribution in [0.25, 0.3) is 0 Å². The summed E-state index contributed by atoms with van der Waals surface area (Å²) in [4.78, 5) is 16.7. The van der Waals surface area contributed by atoms with Crippen molar-refractivity contribution in [2.45, 2.75) is 51.6 Å². The van der Waals surface area contributed by atoms with Crippen molar-refractivity contribution < 1.29 is 9.53 Å². The number of thioether (sulfide) groups is 1. The van der Waals surface area contributed by atoms with Crippen molar-refractivity contribution in [1.29, 1.82) is 0 Å². The van der Waals surface area contributed by atoms with Gasteiger partial charge in [0.1, 0.15) is 6.04 Å². The first-order valence-corrected chi connectivity index (χ1v) is 11.3. The second-order valence-electron chi connectivity index (χ2n) is 7.48. The zero-order chi connectivity index (χ0) is 19.4. The molecule has 148 valence electrons. The summed E-state index contributed by atoms with van der Waals surface area (Å²) in [6.45, 7) is 7.64. The van der Waals surface area contributed by atoms with Crippen molar-refractivity contribution in [2.24, 2.45) is 0 Å². The second kappa shape index (κ2) is 9.37. The summed E-state index contributed by atoms with van der Waals surface area (Å²) >= 11 is 7.12. The van der Waals surface area contributed by atoms with E-state index in [4.69, 9.17) is 17.0 Å². The molecule has 0 spiro atoms. The first-order valence-electron chi connectivity index (χ1n) is 9.52. The highest BCUT2D eigenvalue weighted by atomic mass is 32.2. The Labute approximate surface area is 171 Å². The topological polar surface area (TPSA) is 44.8 Å². The van der Waals surface area contributed by atoms with Crippen LogP contribution in [0, 0.1) is 0 Å². The lowest BCUT2D eigenvalue weighted by atomic mass is 10.1. The van der Waals surface area contributed by atoms with Gasteiger partial charge in [-0.2, -0.15) is 11.8 Å². The van der Waals surface area contributed by atoms with E-state index < -0.39 is 0 Å². The number of benzene rings is 1. The number of hydrogen-bond donors (Lipinski definition) is 1. The second-order valence-corrected chi connectivity index (χ2v) is 8.85. The minimum Gasteiger partial charge on any atom is -0.373 e. The first-order chi connectivity index (χ1) is 13.0. The Morgan fingerprint density at radius 2 is 1.74 bits per heavy atom. The average Bonchev–Trinajstić information content (AvgIpc) is 2.88. The molecule has 2 fully saturated rings. The number of thiocarbonyl (C=S) groups is 1. The van der Waals surface area contributed by atoms with Crippen LogP contribution in [0.15, 0.2) is 24.3 Å². The zero-order valence-electron chi connectivity index (χ0n) is 16.3. The van der Waals surface area contributed by atoms with Gasteiger partial charge in [-0.05, 0) is 55.6 Å². The van der Waals surface area contributed by atoms with E-state index in [1.807, 2.05) is 0 Å². The maximum atomic E-state index is 12.6. The highest BCUT2D eigenvalue weighted by Crippen LogP contribution is 2.18. The molecular weight excluding hydrogens is 378 g/mol. The Bertz CT molecular complexity index is 658. The molecule has 1 amide bonds. The van der Waals surface area contributed by atoms with E-state index in [1.165, 1.54) is 5.56 Å². The van der Waals surface area contributed by atoms with Crippen LogP contribution >= 0.6 is 24.0 Å². The Morgan fingerprint density at radius 1 is 1.15 bits per heavy atom. The van der Waals surface area contributed by atoms with Gasteiger partial charge >= 0.3 is 0 Å². The normalized spacial score (nSPS) is 26.5. The van der Waals surface area contributed by atoms with Crippen LogP contribution in [0.5, 0.6) is 0 Å². The Hall–Kier alpha value is -1.15. The molecule has 0 bridgehead atoms. The summed E-state index contributed by atoms with van der Waals surface area (Å²) in [5, 5.41) is 3.71. The lowest BCUT2D eigenvalue weighted by Crippen LogP contribution is -2.44. The minimum absolute atomic E-state index is 0.0921. The highest BCUT2D eigenvalue weighted by Gasteiger charge is 2.34. The van der Waals surface area contributed by atoms with Crippen LogP contribution in [-0.4, -0.2) is 64.2 Å². The quantitative estimate of drug-likeness (QED) is 0.701. The molecule has 7 heteroatoms. The van der Waals surface area contributed by atoms with E-state index >= 15 is 0 Å². The predicted octanol–water partition coefficient (Wildman–Crippen LogP) is 2.63. The van der Waals surface area contributed by atoms with Crippen LogP contribution in [0.3, 0.4) is 0 Å². The number of carbonyl (C=O) groups is 1. The number of rotatable bonds is 7. The molecule has 1 aromatic carbocycles. The van der Waals surface area contributed by atoms with Crippen molar-refractivity contribution in [3.8, 4) is 0 Å². The number of carbonyl (C=O) groups excluding carboxylic acids is 1. The van der Waals surface area contributed by atoms with Gasteiger partial charge in [0.05, 0.1) is 18.8 Å². The van der Waals surface area contributed by atoms with Crippen molar-refractivity contribution in [2.75, 3.05) is 25.1 Å². The highest BCUT2D eigenvalue weighted by molar-refractivity contribution is 7.98. The van der Waals surface area contributed by atoms with Gasteiger partial charge < -0.3 is 10.1 Å². The summed E-state index contributed by atoms with van der Waals surface area (Å²) in [5.41, 5.74) is 2.39. The molecule has 2 saturated heterocycles. The number of nitrogens with one attached hydrogen (secondary N) is 1. The molecule has 3 unspecified atom stereocenters. The van der Waals surface area contributed by atoms with E-state index in [0.29, 0.717) is 11.7 Å². The maximum absolute atomic E-state index is 12.6. The molecule has 5 nitrogen and oxygen atoms in total. The molecule has 3 atom stereocenters. The lowest BCUT2D eigenvalue weighted by Gasteiger charge is -2.35. The van der Waals surface area contributed by atoms with E-state index in [-0.39, 0.29) is 24.2 Å². The standard InChI is InChI=1S/C20H29N3O2S2/c1-14-10-22(11-15(2)25-14)12-16-4-6-17(7-5-16)13-23-19(24)18(8-9-27-3)21-20(23)26/h4-7,14-15,18H,8-13H2,1-3H3,(H,21,26).